The number of carbonyl (C=O) groups is 1. The summed E-state index contributed by atoms with van der Waals surface area (Å²) in [6.45, 7) is 7.65. The third-order valence-electron chi connectivity index (χ3n) is 2.33. The van der Waals surface area contributed by atoms with Crippen molar-refractivity contribution in [2.24, 2.45) is 5.92 Å². The number of hydrogen-bond acceptors (Lipinski definition) is 2. The summed E-state index contributed by atoms with van der Waals surface area (Å²) in [4.78, 5) is 11.6. The lowest BCUT2D eigenvalue weighted by molar-refractivity contribution is -0.124. The van der Waals surface area contributed by atoms with Crippen LogP contribution in [-0.2, 0) is 9.53 Å². The molecule has 1 fully saturated rings. The molecule has 0 aromatic heterocycles. The van der Waals surface area contributed by atoms with Crippen LogP contribution in [-0.4, -0.2) is 24.7 Å². The molecule has 0 saturated carbocycles. The summed E-state index contributed by atoms with van der Waals surface area (Å²) in [5.41, 5.74) is -0.109. The van der Waals surface area contributed by atoms with Crippen molar-refractivity contribution in [2.75, 3.05) is 13.2 Å². The zero-order valence-electron chi connectivity index (χ0n) is 9.43. The maximum absolute atomic E-state index is 11.6. The standard InChI is InChI=1S/C11H21NO2/c1-11(2,3)12-10(13)8-9-4-6-14-7-5-9/h9H,4-8H2,1-3H3,(H,12,13). The third kappa shape index (κ3) is 4.61. The van der Waals surface area contributed by atoms with Crippen molar-refractivity contribution in [2.45, 2.75) is 45.6 Å². The van der Waals surface area contributed by atoms with Crippen molar-refractivity contribution in [3.8, 4) is 0 Å². The molecule has 1 aliphatic heterocycles. The van der Waals surface area contributed by atoms with Gasteiger partial charge in [-0.25, -0.2) is 0 Å². The van der Waals surface area contributed by atoms with Crippen molar-refractivity contribution < 1.29 is 9.53 Å². The monoisotopic (exact) mass is 199 g/mol. The molecule has 3 nitrogen and oxygen atoms in total. The zero-order valence-corrected chi connectivity index (χ0v) is 9.43. The van der Waals surface area contributed by atoms with Gasteiger partial charge in [-0.15, -0.1) is 0 Å². The highest BCUT2D eigenvalue weighted by Crippen LogP contribution is 2.18. The van der Waals surface area contributed by atoms with Gasteiger partial charge in [0.25, 0.3) is 0 Å². The molecule has 14 heavy (non-hydrogen) atoms. The van der Waals surface area contributed by atoms with E-state index in [0.717, 1.165) is 26.1 Å². The van der Waals surface area contributed by atoms with Crippen molar-refractivity contribution >= 4 is 5.91 Å². The predicted molar refractivity (Wildman–Crippen MR) is 56.1 cm³/mol. The Morgan fingerprint density at radius 2 is 1.93 bits per heavy atom. The Hall–Kier alpha value is -0.570. The number of rotatable bonds is 2. The second-order valence-corrected chi connectivity index (χ2v) is 5.06. The molecular formula is C11H21NO2. The fourth-order valence-corrected chi connectivity index (χ4v) is 1.68. The van der Waals surface area contributed by atoms with E-state index < -0.39 is 0 Å². The second kappa shape index (κ2) is 4.78. The van der Waals surface area contributed by atoms with Gasteiger partial charge in [-0.3, -0.25) is 4.79 Å². The molecule has 0 atom stereocenters. The Morgan fingerprint density at radius 3 is 2.43 bits per heavy atom. The minimum atomic E-state index is -0.109. The van der Waals surface area contributed by atoms with Crippen LogP contribution in [0.3, 0.4) is 0 Å². The van der Waals surface area contributed by atoms with Crippen LogP contribution in [0.4, 0.5) is 0 Å². The van der Waals surface area contributed by atoms with Crippen LogP contribution in [0, 0.1) is 5.92 Å². The third-order valence-corrected chi connectivity index (χ3v) is 2.33. The average Bonchev–Trinajstić information content (AvgIpc) is 2.02. The molecule has 1 rings (SSSR count). The molecule has 1 N–H and O–H groups in total. The van der Waals surface area contributed by atoms with E-state index in [2.05, 4.69) is 5.32 Å². The van der Waals surface area contributed by atoms with Gasteiger partial charge in [0.1, 0.15) is 0 Å². The van der Waals surface area contributed by atoms with Crippen LogP contribution in [0.2, 0.25) is 0 Å². The van der Waals surface area contributed by atoms with E-state index in [-0.39, 0.29) is 11.4 Å². The number of carbonyl (C=O) groups excluding carboxylic acids is 1. The minimum absolute atomic E-state index is 0.109. The van der Waals surface area contributed by atoms with Gasteiger partial charge in [-0.05, 0) is 39.5 Å². The van der Waals surface area contributed by atoms with Crippen molar-refractivity contribution in [1.82, 2.24) is 5.32 Å². The molecular weight excluding hydrogens is 178 g/mol. The van der Waals surface area contributed by atoms with Gasteiger partial charge in [-0.1, -0.05) is 0 Å². The SMILES string of the molecule is CC(C)(C)NC(=O)CC1CCOCC1. The number of hydrogen-bond donors (Lipinski definition) is 1. The molecule has 82 valence electrons. The number of nitrogens with one attached hydrogen (secondary N) is 1. The molecule has 3 heteroatoms. The molecule has 0 aliphatic carbocycles. The van der Waals surface area contributed by atoms with Crippen LogP contribution in [0.25, 0.3) is 0 Å². The van der Waals surface area contributed by atoms with Gasteiger partial charge >= 0.3 is 0 Å². The van der Waals surface area contributed by atoms with Gasteiger partial charge in [0.15, 0.2) is 0 Å². The molecule has 0 aromatic rings. The lowest BCUT2D eigenvalue weighted by Gasteiger charge is -2.25. The van der Waals surface area contributed by atoms with Crippen LogP contribution >= 0.6 is 0 Å². The fourth-order valence-electron chi connectivity index (χ4n) is 1.68. The average molecular weight is 199 g/mol. The Balaban J connectivity index is 2.25. The van der Waals surface area contributed by atoms with Crippen LogP contribution in [0.15, 0.2) is 0 Å². The lowest BCUT2D eigenvalue weighted by atomic mass is 9.95. The summed E-state index contributed by atoms with van der Waals surface area (Å²) in [6.07, 6.45) is 2.70. The molecule has 1 saturated heterocycles. The Labute approximate surface area is 86.2 Å². The smallest absolute Gasteiger partial charge is 0.220 e. The molecule has 1 aliphatic rings. The Kier molecular flexibility index (Phi) is 3.93. The molecule has 1 amide bonds. The summed E-state index contributed by atoms with van der Waals surface area (Å²) < 4.78 is 5.25. The van der Waals surface area contributed by atoms with Crippen LogP contribution < -0.4 is 5.32 Å². The van der Waals surface area contributed by atoms with E-state index in [1.165, 1.54) is 0 Å². The largest absolute Gasteiger partial charge is 0.381 e. The highest BCUT2D eigenvalue weighted by atomic mass is 16.5. The van der Waals surface area contributed by atoms with Crippen molar-refractivity contribution in [3.63, 3.8) is 0 Å². The van der Waals surface area contributed by atoms with Crippen LogP contribution in [0.1, 0.15) is 40.0 Å². The first-order valence-corrected chi connectivity index (χ1v) is 5.36. The Bertz CT molecular complexity index is 190. The first-order valence-electron chi connectivity index (χ1n) is 5.36. The minimum Gasteiger partial charge on any atom is -0.381 e. The summed E-state index contributed by atoms with van der Waals surface area (Å²) in [5.74, 6) is 0.690. The molecule has 1 heterocycles. The quantitative estimate of drug-likeness (QED) is 0.735. The van der Waals surface area contributed by atoms with Crippen molar-refractivity contribution in [1.29, 1.82) is 0 Å². The number of ether oxygens (including phenoxy) is 1. The van der Waals surface area contributed by atoms with Gasteiger partial charge in [0.2, 0.25) is 5.91 Å². The van der Waals surface area contributed by atoms with Gasteiger partial charge in [0, 0.05) is 25.2 Å². The van der Waals surface area contributed by atoms with E-state index >= 15 is 0 Å². The summed E-state index contributed by atoms with van der Waals surface area (Å²) >= 11 is 0. The van der Waals surface area contributed by atoms with Crippen molar-refractivity contribution in [3.05, 3.63) is 0 Å². The topological polar surface area (TPSA) is 38.3 Å². The van der Waals surface area contributed by atoms with Gasteiger partial charge < -0.3 is 10.1 Å². The molecule has 0 radical (unpaired) electrons. The van der Waals surface area contributed by atoms with E-state index in [1.54, 1.807) is 0 Å². The maximum atomic E-state index is 11.6. The summed E-state index contributed by atoms with van der Waals surface area (Å²) in [5, 5.41) is 2.99. The van der Waals surface area contributed by atoms with Crippen LogP contribution in [0.5, 0.6) is 0 Å². The van der Waals surface area contributed by atoms with E-state index in [1.807, 2.05) is 20.8 Å². The predicted octanol–water partition coefficient (Wildman–Crippen LogP) is 1.72. The first kappa shape index (κ1) is 11.5. The van der Waals surface area contributed by atoms with Gasteiger partial charge in [0.05, 0.1) is 0 Å². The molecule has 0 unspecified atom stereocenters. The highest BCUT2D eigenvalue weighted by molar-refractivity contribution is 5.76. The first-order chi connectivity index (χ1) is 6.47. The molecule has 0 aromatic carbocycles. The number of amides is 1. The Morgan fingerprint density at radius 1 is 1.36 bits per heavy atom. The maximum Gasteiger partial charge on any atom is 0.220 e. The lowest BCUT2D eigenvalue weighted by Crippen LogP contribution is -2.41. The normalized spacial score (nSPS) is 19.4. The van der Waals surface area contributed by atoms with E-state index in [9.17, 15) is 4.79 Å². The van der Waals surface area contributed by atoms with Gasteiger partial charge in [-0.2, -0.15) is 0 Å². The molecule has 0 bridgehead atoms. The highest BCUT2D eigenvalue weighted by Gasteiger charge is 2.20. The second-order valence-electron chi connectivity index (χ2n) is 5.06. The summed E-state index contributed by atoms with van der Waals surface area (Å²) in [6, 6.07) is 0. The fraction of sp³-hybridized carbons (Fsp3) is 0.909. The zero-order chi connectivity index (χ0) is 10.6. The van der Waals surface area contributed by atoms with E-state index in [4.69, 9.17) is 4.74 Å². The van der Waals surface area contributed by atoms with E-state index in [0.29, 0.717) is 12.3 Å². The molecule has 0 spiro atoms. The summed E-state index contributed by atoms with van der Waals surface area (Å²) in [7, 11) is 0.